The normalized spacial score (nSPS) is 15.7. The molecule has 142 valence electrons. The molecule has 2 aromatic rings. The van der Waals surface area contributed by atoms with E-state index in [0.717, 1.165) is 23.1 Å². The molecule has 1 aliphatic heterocycles. The molecule has 2 aromatic carbocycles. The van der Waals surface area contributed by atoms with Crippen LogP contribution in [0.4, 0.5) is 0 Å². The van der Waals surface area contributed by atoms with Crippen molar-refractivity contribution in [2.45, 2.75) is 25.9 Å². The van der Waals surface area contributed by atoms with Gasteiger partial charge in [-0.1, -0.05) is 30.3 Å². The second-order valence-corrected chi connectivity index (χ2v) is 6.47. The molecule has 0 fully saturated rings. The lowest BCUT2D eigenvalue weighted by molar-refractivity contribution is -0.139. The first-order valence-corrected chi connectivity index (χ1v) is 8.88. The molecule has 0 saturated carbocycles. The van der Waals surface area contributed by atoms with E-state index >= 15 is 0 Å². The van der Waals surface area contributed by atoms with Crippen molar-refractivity contribution in [2.24, 2.45) is 0 Å². The molecule has 1 N–H and O–H groups in total. The summed E-state index contributed by atoms with van der Waals surface area (Å²) in [6, 6.07) is 12.7. The SMILES string of the molecule is COc1ccc(CNC(=O)C2c3ccccc3CCN2C(C)=O)cc1OC. The molecule has 0 bridgehead atoms. The van der Waals surface area contributed by atoms with Gasteiger partial charge in [-0.15, -0.1) is 0 Å². The third-order valence-corrected chi connectivity index (χ3v) is 4.85. The molecule has 27 heavy (non-hydrogen) atoms. The highest BCUT2D eigenvalue weighted by atomic mass is 16.5. The van der Waals surface area contributed by atoms with Crippen LogP contribution in [-0.4, -0.2) is 37.5 Å². The van der Waals surface area contributed by atoms with E-state index in [1.165, 1.54) is 6.92 Å². The zero-order valence-electron chi connectivity index (χ0n) is 15.8. The Morgan fingerprint density at radius 1 is 1.11 bits per heavy atom. The number of fused-ring (bicyclic) bond motifs is 1. The lowest BCUT2D eigenvalue weighted by Gasteiger charge is -2.35. The van der Waals surface area contributed by atoms with Gasteiger partial charge in [-0.25, -0.2) is 0 Å². The van der Waals surface area contributed by atoms with Crippen LogP contribution >= 0.6 is 0 Å². The molecule has 0 aromatic heterocycles. The first kappa shape index (κ1) is 18.8. The fraction of sp³-hybridized carbons (Fsp3) is 0.333. The summed E-state index contributed by atoms with van der Waals surface area (Å²) in [6.07, 6.45) is 0.759. The summed E-state index contributed by atoms with van der Waals surface area (Å²) in [5.41, 5.74) is 2.89. The molecule has 0 aliphatic carbocycles. The number of carbonyl (C=O) groups excluding carboxylic acids is 2. The summed E-state index contributed by atoms with van der Waals surface area (Å²) in [7, 11) is 3.15. The predicted octanol–water partition coefficient (Wildman–Crippen LogP) is 2.47. The quantitative estimate of drug-likeness (QED) is 0.880. The van der Waals surface area contributed by atoms with Gasteiger partial charge in [0.05, 0.1) is 14.2 Å². The molecule has 1 heterocycles. The van der Waals surface area contributed by atoms with Gasteiger partial charge < -0.3 is 19.7 Å². The van der Waals surface area contributed by atoms with Gasteiger partial charge in [0.1, 0.15) is 6.04 Å². The third kappa shape index (κ3) is 3.89. The van der Waals surface area contributed by atoms with Crippen molar-refractivity contribution in [1.82, 2.24) is 10.2 Å². The minimum atomic E-state index is -0.604. The van der Waals surface area contributed by atoms with Crippen molar-refractivity contribution in [3.63, 3.8) is 0 Å². The summed E-state index contributed by atoms with van der Waals surface area (Å²) in [5, 5.41) is 2.95. The summed E-state index contributed by atoms with van der Waals surface area (Å²) < 4.78 is 10.5. The Balaban J connectivity index is 1.79. The van der Waals surface area contributed by atoms with Gasteiger partial charge in [-0.3, -0.25) is 9.59 Å². The van der Waals surface area contributed by atoms with Crippen molar-refractivity contribution in [2.75, 3.05) is 20.8 Å². The van der Waals surface area contributed by atoms with Gasteiger partial charge in [-0.2, -0.15) is 0 Å². The smallest absolute Gasteiger partial charge is 0.247 e. The number of amides is 2. The number of ether oxygens (including phenoxy) is 2. The van der Waals surface area contributed by atoms with Gasteiger partial charge in [0.25, 0.3) is 0 Å². The molecule has 1 atom stereocenters. The van der Waals surface area contributed by atoms with E-state index in [2.05, 4.69) is 5.32 Å². The number of benzene rings is 2. The maximum atomic E-state index is 13.0. The van der Waals surface area contributed by atoms with Crippen LogP contribution in [0, 0.1) is 0 Å². The number of hydrogen-bond donors (Lipinski definition) is 1. The highest BCUT2D eigenvalue weighted by Gasteiger charge is 2.34. The molecule has 0 radical (unpaired) electrons. The van der Waals surface area contributed by atoms with Gasteiger partial charge in [0.15, 0.2) is 11.5 Å². The zero-order chi connectivity index (χ0) is 19.4. The Morgan fingerprint density at radius 2 is 1.85 bits per heavy atom. The summed E-state index contributed by atoms with van der Waals surface area (Å²) in [4.78, 5) is 26.7. The molecule has 1 aliphatic rings. The molecule has 0 spiro atoms. The summed E-state index contributed by atoms with van der Waals surface area (Å²) in [5.74, 6) is 0.956. The van der Waals surface area contributed by atoms with Gasteiger partial charge in [0, 0.05) is 20.0 Å². The molecular formula is C21H24N2O4. The third-order valence-electron chi connectivity index (χ3n) is 4.85. The van der Waals surface area contributed by atoms with Crippen molar-refractivity contribution < 1.29 is 19.1 Å². The molecule has 6 nitrogen and oxygen atoms in total. The monoisotopic (exact) mass is 368 g/mol. The summed E-state index contributed by atoms with van der Waals surface area (Å²) in [6.45, 7) is 2.38. The van der Waals surface area contributed by atoms with E-state index in [0.29, 0.717) is 24.6 Å². The standard InChI is InChI=1S/C21H24N2O4/c1-14(24)23-11-10-16-6-4-5-7-17(16)20(23)21(25)22-13-15-8-9-18(26-2)19(12-15)27-3/h4-9,12,20H,10-11,13H2,1-3H3,(H,22,25). The maximum Gasteiger partial charge on any atom is 0.247 e. The first-order chi connectivity index (χ1) is 13.0. The molecule has 1 unspecified atom stereocenters. The van der Waals surface area contributed by atoms with Crippen LogP contribution in [0.1, 0.15) is 29.7 Å². The van der Waals surface area contributed by atoms with Crippen molar-refractivity contribution >= 4 is 11.8 Å². The average Bonchev–Trinajstić information content (AvgIpc) is 2.70. The minimum Gasteiger partial charge on any atom is -0.493 e. The molecule has 0 saturated heterocycles. The van der Waals surface area contributed by atoms with Crippen LogP contribution in [0.3, 0.4) is 0 Å². The first-order valence-electron chi connectivity index (χ1n) is 8.88. The van der Waals surface area contributed by atoms with E-state index in [9.17, 15) is 9.59 Å². The topological polar surface area (TPSA) is 67.9 Å². The number of carbonyl (C=O) groups is 2. The fourth-order valence-corrected chi connectivity index (χ4v) is 3.46. The largest absolute Gasteiger partial charge is 0.493 e. The Bertz CT molecular complexity index is 850. The number of methoxy groups -OCH3 is 2. The highest BCUT2D eigenvalue weighted by molar-refractivity contribution is 5.88. The Kier molecular flexibility index (Phi) is 5.64. The van der Waals surface area contributed by atoms with Gasteiger partial charge in [-0.05, 0) is 35.2 Å². The van der Waals surface area contributed by atoms with Crippen molar-refractivity contribution in [1.29, 1.82) is 0 Å². The second kappa shape index (κ2) is 8.12. The Hall–Kier alpha value is -3.02. The maximum absolute atomic E-state index is 13.0. The summed E-state index contributed by atoms with van der Waals surface area (Å²) >= 11 is 0. The van der Waals surface area contributed by atoms with Crippen LogP contribution in [-0.2, 0) is 22.6 Å². The number of nitrogens with one attached hydrogen (secondary N) is 1. The van der Waals surface area contributed by atoms with E-state index in [-0.39, 0.29) is 11.8 Å². The van der Waals surface area contributed by atoms with E-state index in [4.69, 9.17) is 9.47 Å². The average molecular weight is 368 g/mol. The van der Waals surface area contributed by atoms with Crippen LogP contribution in [0.5, 0.6) is 11.5 Å². The Morgan fingerprint density at radius 3 is 2.56 bits per heavy atom. The molecule has 6 heteroatoms. The number of hydrogen-bond acceptors (Lipinski definition) is 4. The van der Waals surface area contributed by atoms with Crippen LogP contribution in [0.2, 0.25) is 0 Å². The lowest BCUT2D eigenvalue weighted by atomic mass is 9.92. The minimum absolute atomic E-state index is 0.101. The molecular weight excluding hydrogens is 344 g/mol. The number of nitrogens with zero attached hydrogens (tertiary/aromatic N) is 1. The van der Waals surface area contributed by atoms with Crippen LogP contribution in [0.15, 0.2) is 42.5 Å². The van der Waals surface area contributed by atoms with Gasteiger partial charge in [0.2, 0.25) is 11.8 Å². The van der Waals surface area contributed by atoms with E-state index in [1.807, 2.05) is 36.4 Å². The fourth-order valence-electron chi connectivity index (χ4n) is 3.46. The zero-order valence-corrected chi connectivity index (χ0v) is 15.8. The van der Waals surface area contributed by atoms with Crippen LogP contribution in [0.25, 0.3) is 0 Å². The highest BCUT2D eigenvalue weighted by Crippen LogP contribution is 2.31. The van der Waals surface area contributed by atoms with E-state index in [1.54, 1.807) is 25.2 Å². The second-order valence-electron chi connectivity index (χ2n) is 6.47. The van der Waals surface area contributed by atoms with E-state index < -0.39 is 6.04 Å². The predicted molar refractivity (Wildman–Crippen MR) is 102 cm³/mol. The Labute approximate surface area is 159 Å². The lowest BCUT2D eigenvalue weighted by Crippen LogP contribution is -2.46. The van der Waals surface area contributed by atoms with Crippen molar-refractivity contribution in [3.05, 3.63) is 59.2 Å². The number of rotatable bonds is 5. The molecule has 3 rings (SSSR count). The van der Waals surface area contributed by atoms with Gasteiger partial charge >= 0.3 is 0 Å². The van der Waals surface area contributed by atoms with Crippen LogP contribution < -0.4 is 14.8 Å². The molecule has 2 amide bonds. The van der Waals surface area contributed by atoms with Crippen molar-refractivity contribution in [3.8, 4) is 11.5 Å².